The third kappa shape index (κ3) is 3.95. The maximum absolute atomic E-state index is 12.2. The van der Waals surface area contributed by atoms with E-state index in [1.165, 1.54) is 6.33 Å². The van der Waals surface area contributed by atoms with Crippen molar-refractivity contribution in [3.63, 3.8) is 0 Å². The third-order valence-corrected chi connectivity index (χ3v) is 3.53. The number of halogens is 2. The summed E-state index contributed by atoms with van der Waals surface area (Å²) in [7, 11) is 0. The summed E-state index contributed by atoms with van der Waals surface area (Å²) in [6, 6.07) is 13.1. The smallest absolute Gasteiger partial charge is 0.272 e. The molecule has 24 heavy (non-hydrogen) atoms. The van der Waals surface area contributed by atoms with E-state index in [0.717, 1.165) is 27.8 Å². The molecule has 0 aliphatic rings. The SMILES string of the molecule is Cc1ccc2ncnc(NCc3cccc(OCC(F)F)c3)c2c1. The Labute approximate surface area is 138 Å². The lowest BCUT2D eigenvalue weighted by Crippen LogP contribution is -2.07. The molecular weight excluding hydrogens is 312 g/mol. The highest BCUT2D eigenvalue weighted by atomic mass is 19.3. The molecule has 0 amide bonds. The average molecular weight is 329 g/mol. The van der Waals surface area contributed by atoms with Gasteiger partial charge in [-0.2, -0.15) is 0 Å². The lowest BCUT2D eigenvalue weighted by Gasteiger charge is -2.10. The van der Waals surface area contributed by atoms with Gasteiger partial charge in [0.1, 0.15) is 24.5 Å². The van der Waals surface area contributed by atoms with Crippen molar-refractivity contribution >= 4 is 16.7 Å². The maximum Gasteiger partial charge on any atom is 0.272 e. The van der Waals surface area contributed by atoms with E-state index < -0.39 is 13.0 Å². The van der Waals surface area contributed by atoms with Crippen LogP contribution in [0.2, 0.25) is 0 Å². The molecule has 3 aromatic rings. The van der Waals surface area contributed by atoms with Crippen molar-refractivity contribution in [2.24, 2.45) is 0 Å². The molecule has 1 N–H and O–H groups in total. The minimum Gasteiger partial charge on any atom is -0.488 e. The number of aryl methyl sites for hydroxylation is 1. The first-order valence-corrected chi connectivity index (χ1v) is 7.57. The molecule has 1 aromatic heterocycles. The van der Waals surface area contributed by atoms with E-state index in [9.17, 15) is 8.78 Å². The predicted octanol–water partition coefficient (Wildman–Crippen LogP) is 4.19. The summed E-state index contributed by atoms with van der Waals surface area (Å²) in [5, 5.41) is 4.22. The van der Waals surface area contributed by atoms with Gasteiger partial charge in [0.25, 0.3) is 6.43 Å². The highest BCUT2D eigenvalue weighted by molar-refractivity contribution is 5.89. The summed E-state index contributed by atoms with van der Waals surface area (Å²) in [6.07, 6.45) is -0.968. The van der Waals surface area contributed by atoms with Gasteiger partial charge in [-0.1, -0.05) is 23.8 Å². The van der Waals surface area contributed by atoms with E-state index in [1.54, 1.807) is 18.2 Å². The van der Waals surface area contributed by atoms with E-state index in [4.69, 9.17) is 4.74 Å². The molecule has 0 unspecified atom stereocenters. The molecule has 4 nitrogen and oxygen atoms in total. The maximum atomic E-state index is 12.2. The Kier molecular flexibility index (Phi) is 4.84. The van der Waals surface area contributed by atoms with Crippen molar-refractivity contribution in [1.29, 1.82) is 0 Å². The number of nitrogens with zero attached hydrogens (tertiary/aromatic N) is 2. The quantitative estimate of drug-likeness (QED) is 0.736. The Bertz CT molecular complexity index is 839. The van der Waals surface area contributed by atoms with Crippen LogP contribution in [0.4, 0.5) is 14.6 Å². The number of benzene rings is 2. The molecule has 0 aliphatic carbocycles. The zero-order valence-corrected chi connectivity index (χ0v) is 13.2. The van der Waals surface area contributed by atoms with Gasteiger partial charge in [0.05, 0.1) is 5.52 Å². The van der Waals surface area contributed by atoms with Gasteiger partial charge < -0.3 is 10.1 Å². The number of hydrogen-bond acceptors (Lipinski definition) is 4. The molecule has 124 valence electrons. The minimum absolute atomic E-state index is 0.429. The molecule has 3 rings (SSSR count). The van der Waals surface area contributed by atoms with Crippen molar-refractivity contribution in [3.05, 3.63) is 59.9 Å². The standard InChI is InChI=1S/C18H17F2N3O/c1-12-5-6-16-15(7-12)18(23-11-22-16)21-9-13-3-2-4-14(8-13)24-10-17(19)20/h2-8,11,17H,9-10H2,1H3,(H,21,22,23). The molecule has 0 aliphatic heterocycles. The highest BCUT2D eigenvalue weighted by Gasteiger charge is 2.06. The van der Waals surface area contributed by atoms with Crippen molar-refractivity contribution in [2.45, 2.75) is 19.9 Å². The minimum atomic E-state index is -2.48. The van der Waals surface area contributed by atoms with Crippen LogP contribution in [0.1, 0.15) is 11.1 Å². The molecule has 2 aromatic carbocycles. The molecule has 0 saturated heterocycles. The van der Waals surface area contributed by atoms with Crippen LogP contribution in [0.3, 0.4) is 0 Å². The second-order valence-corrected chi connectivity index (χ2v) is 5.45. The Balaban J connectivity index is 1.74. The number of alkyl halides is 2. The number of ether oxygens (including phenoxy) is 1. The van der Waals surface area contributed by atoms with Crippen LogP contribution < -0.4 is 10.1 Å². The normalized spacial score (nSPS) is 11.0. The average Bonchev–Trinajstić information content (AvgIpc) is 2.58. The van der Waals surface area contributed by atoms with Crippen LogP contribution in [-0.4, -0.2) is 23.0 Å². The first-order chi connectivity index (χ1) is 11.6. The lowest BCUT2D eigenvalue weighted by atomic mass is 10.1. The zero-order chi connectivity index (χ0) is 16.9. The van der Waals surface area contributed by atoms with E-state index in [-0.39, 0.29) is 0 Å². The van der Waals surface area contributed by atoms with Crippen molar-refractivity contribution < 1.29 is 13.5 Å². The third-order valence-electron chi connectivity index (χ3n) is 3.53. The molecule has 0 fully saturated rings. The van der Waals surface area contributed by atoms with Crippen molar-refractivity contribution in [3.8, 4) is 5.75 Å². The van der Waals surface area contributed by atoms with E-state index >= 15 is 0 Å². The van der Waals surface area contributed by atoms with Gasteiger partial charge in [-0.05, 0) is 36.8 Å². The summed E-state index contributed by atoms with van der Waals surface area (Å²) >= 11 is 0. The number of fused-ring (bicyclic) bond motifs is 1. The van der Waals surface area contributed by atoms with Crippen LogP contribution in [0.25, 0.3) is 10.9 Å². The Hall–Kier alpha value is -2.76. The van der Waals surface area contributed by atoms with Gasteiger partial charge in [0, 0.05) is 11.9 Å². The highest BCUT2D eigenvalue weighted by Crippen LogP contribution is 2.21. The van der Waals surface area contributed by atoms with Gasteiger partial charge in [0.15, 0.2) is 0 Å². The number of anilines is 1. The second kappa shape index (κ2) is 7.21. The molecule has 1 heterocycles. The number of hydrogen-bond donors (Lipinski definition) is 1. The largest absolute Gasteiger partial charge is 0.488 e. The van der Waals surface area contributed by atoms with Gasteiger partial charge in [-0.25, -0.2) is 18.7 Å². The van der Waals surface area contributed by atoms with Crippen LogP contribution in [0.5, 0.6) is 5.75 Å². The first kappa shape index (κ1) is 16.1. The number of nitrogens with one attached hydrogen (secondary N) is 1. The first-order valence-electron chi connectivity index (χ1n) is 7.57. The zero-order valence-electron chi connectivity index (χ0n) is 13.2. The Morgan fingerprint density at radius 1 is 1.12 bits per heavy atom. The predicted molar refractivity (Wildman–Crippen MR) is 89.5 cm³/mol. The summed E-state index contributed by atoms with van der Waals surface area (Å²) in [5.74, 6) is 1.17. The summed E-state index contributed by atoms with van der Waals surface area (Å²) in [6.45, 7) is 1.92. The van der Waals surface area contributed by atoms with Crippen molar-refractivity contribution in [2.75, 3.05) is 11.9 Å². The van der Waals surface area contributed by atoms with Gasteiger partial charge in [-0.15, -0.1) is 0 Å². The summed E-state index contributed by atoms with van der Waals surface area (Å²) in [4.78, 5) is 8.54. The molecule has 0 bridgehead atoms. The number of rotatable bonds is 6. The van der Waals surface area contributed by atoms with Gasteiger partial charge >= 0.3 is 0 Å². The lowest BCUT2D eigenvalue weighted by molar-refractivity contribution is 0.0818. The molecule has 0 spiro atoms. The fourth-order valence-corrected chi connectivity index (χ4v) is 2.40. The Morgan fingerprint density at radius 3 is 2.83 bits per heavy atom. The van der Waals surface area contributed by atoms with E-state index in [1.807, 2.05) is 31.2 Å². The molecule has 0 radical (unpaired) electrons. The van der Waals surface area contributed by atoms with Crippen LogP contribution in [-0.2, 0) is 6.54 Å². The Morgan fingerprint density at radius 2 is 2.00 bits per heavy atom. The van der Waals surface area contributed by atoms with Crippen LogP contribution in [0, 0.1) is 6.92 Å². The number of aromatic nitrogens is 2. The topological polar surface area (TPSA) is 47.0 Å². The van der Waals surface area contributed by atoms with E-state index in [2.05, 4.69) is 15.3 Å². The monoisotopic (exact) mass is 329 g/mol. The summed E-state index contributed by atoms with van der Waals surface area (Å²) < 4.78 is 29.5. The summed E-state index contributed by atoms with van der Waals surface area (Å²) in [5.41, 5.74) is 2.91. The molecule has 6 heteroatoms. The van der Waals surface area contributed by atoms with Gasteiger partial charge in [-0.3, -0.25) is 0 Å². The fourth-order valence-electron chi connectivity index (χ4n) is 2.40. The fraction of sp³-hybridized carbons (Fsp3) is 0.222. The van der Waals surface area contributed by atoms with Crippen LogP contribution >= 0.6 is 0 Å². The van der Waals surface area contributed by atoms with Crippen LogP contribution in [0.15, 0.2) is 48.8 Å². The molecular formula is C18H17F2N3O. The molecule has 0 atom stereocenters. The second-order valence-electron chi connectivity index (χ2n) is 5.45. The van der Waals surface area contributed by atoms with E-state index in [0.29, 0.717) is 12.3 Å². The van der Waals surface area contributed by atoms with Gasteiger partial charge in [0.2, 0.25) is 0 Å². The van der Waals surface area contributed by atoms with Crippen molar-refractivity contribution in [1.82, 2.24) is 9.97 Å². The molecule has 0 saturated carbocycles.